The van der Waals surface area contributed by atoms with Crippen molar-refractivity contribution in [3.63, 3.8) is 0 Å². The van der Waals surface area contributed by atoms with Gasteiger partial charge in [-0.05, 0) is 19.1 Å². The molecular formula is C23H20F5N3O4. The number of nitrogens with zero attached hydrogens (tertiary/aromatic N) is 1. The number of aromatic nitrogens is 2. The van der Waals surface area contributed by atoms with Gasteiger partial charge in [-0.3, -0.25) is 14.6 Å². The number of primary amides is 1. The van der Waals surface area contributed by atoms with Crippen LogP contribution in [0.4, 0.5) is 22.0 Å². The van der Waals surface area contributed by atoms with Gasteiger partial charge in [0, 0.05) is 35.4 Å². The Morgan fingerprint density at radius 1 is 1.26 bits per heavy atom. The van der Waals surface area contributed by atoms with E-state index in [-0.39, 0.29) is 27.9 Å². The lowest BCUT2D eigenvalue weighted by Gasteiger charge is -2.32. The molecule has 7 nitrogen and oxygen atoms in total. The maximum absolute atomic E-state index is 14.5. The van der Waals surface area contributed by atoms with Gasteiger partial charge in [-0.15, -0.1) is 0 Å². The Morgan fingerprint density at radius 2 is 1.94 bits per heavy atom. The molecule has 1 fully saturated rings. The highest BCUT2D eigenvalue weighted by molar-refractivity contribution is 6.03. The number of halogens is 5. The number of hydrogen-bond acceptors (Lipinski definition) is 5. The van der Waals surface area contributed by atoms with E-state index in [1.165, 1.54) is 19.2 Å². The summed E-state index contributed by atoms with van der Waals surface area (Å²) in [6.45, 7) is 2.12. The minimum Gasteiger partial charge on any atom is -0.493 e. The van der Waals surface area contributed by atoms with E-state index in [1.807, 2.05) is 0 Å². The predicted octanol–water partition coefficient (Wildman–Crippen LogP) is 4.12. The molecule has 1 saturated heterocycles. The fourth-order valence-electron chi connectivity index (χ4n) is 4.64. The van der Waals surface area contributed by atoms with Gasteiger partial charge < -0.3 is 20.2 Å². The predicted molar refractivity (Wildman–Crippen MR) is 114 cm³/mol. The number of amides is 1. The number of ether oxygens (including phenoxy) is 2. The number of pyridine rings is 2. The Bertz CT molecular complexity index is 1390. The van der Waals surface area contributed by atoms with Crippen LogP contribution < -0.4 is 15.9 Å². The number of rotatable bonds is 4. The summed E-state index contributed by atoms with van der Waals surface area (Å²) in [4.78, 5) is 31.2. The van der Waals surface area contributed by atoms with E-state index in [0.717, 1.165) is 32.2 Å². The molecular weight excluding hydrogens is 477 g/mol. The zero-order valence-electron chi connectivity index (χ0n) is 18.7. The van der Waals surface area contributed by atoms with Crippen molar-refractivity contribution in [1.29, 1.82) is 0 Å². The summed E-state index contributed by atoms with van der Waals surface area (Å²) < 4.78 is 81.4. The fourth-order valence-corrected chi connectivity index (χ4v) is 4.64. The average molecular weight is 497 g/mol. The second-order valence-corrected chi connectivity index (χ2v) is 8.48. The van der Waals surface area contributed by atoms with E-state index < -0.39 is 58.4 Å². The van der Waals surface area contributed by atoms with Crippen molar-refractivity contribution in [2.24, 2.45) is 11.7 Å². The number of alkyl halides is 3. The first-order valence-electron chi connectivity index (χ1n) is 10.4. The van der Waals surface area contributed by atoms with Crippen LogP contribution in [0.5, 0.6) is 5.75 Å². The van der Waals surface area contributed by atoms with Crippen LogP contribution in [-0.2, 0) is 4.74 Å². The molecule has 0 saturated carbocycles. The number of nitrogens with one attached hydrogen (secondary N) is 1. The van der Waals surface area contributed by atoms with Crippen molar-refractivity contribution in [2.75, 3.05) is 7.11 Å². The zero-order chi connectivity index (χ0) is 25.9. The van der Waals surface area contributed by atoms with Crippen LogP contribution in [0, 0.1) is 17.6 Å². The summed E-state index contributed by atoms with van der Waals surface area (Å²) in [7, 11) is 1.07. The zero-order valence-corrected chi connectivity index (χ0v) is 18.7. The van der Waals surface area contributed by atoms with Crippen LogP contribution >= 0.6 is 0 Å². The number of methoxy groups -OCH3 is 1. The van der Waals surface area contributed by atoms with Crippen molar-refractivity contribution in [2.45, 2.75) is 37.6 Å². The molecule has 4 atom stereocenters. The maximum atomic E-state index is 14.5. The third-order valence-electron chi connectivity index (χ3n) is 6.61. The lowest BCUT2D eigenvalue weighted by Crippen LogP contribution is -2.46. The van der Waals surface area contributed by atoms with E-state index in [9.17, 15) is 31.5 Å². The Morgan fingerprint density at radius 3 is 2.54 bits per heavy atom. The number of hydrogen-bond donors (Lipinski definition) is 2. The lowest BCUT2D eigenvalue weighted by molar-refractivity contribution is -0.275. The molecule has 0 unspecified atom stereocenters. The quantitative estimate of drug-likeness (QED) is 0.528. The van der Waals surface area contributed by atoms with Gasteiger partial charge in [0.1, 0.15) is 11.8 Å². The van der Waals surface area contributed by atoms with Gasteiger partial charge in [0.2, 0.25) is 5.82 Å². The van der Waals surface area contributed by atoms with Gasteiger partial charge in [0.15, 0.2) is 22.6 Å². The lowest BCUT2D eigenvalue weighted by atomic mass is 9.76. The number of H-pyrrole nitrogens is 1. The number of aromatic amines is 1. The SMILES string of the molecule is COc1c([C@H]2[C@@H](c3cc(=O)c4c(C(N)=O)nccc4[nH]3)O[C@@](C)(C(F)(F)F)[C@H]2C)ccc(F)c1F. The second-order valence-electron chi connectivity index (χ2n) is 8.48. The van der Waals surface area contributed by atoms with Gasteiger partial charge in [0.05, 0.1) is 18.0 Å². The monoisotopic (exact) mass is 497 g/mol. The maximum Gasteiger partial charge on any atom is 0.417 e. The summed E-state index contributed by atoms with van der Waals surface area (Å²) in [5.41, 5.74) is 1.49. The van der Waals surface area contributed by atoms with E-state index in [2.05, 4.69) is 9.97 Å². The molecule has 2 aromatic heterocycles. The van der Waals surface area contributed by atoms with Crippen molar-refractivity contribution in [1.82, 2.24) is 9.97 Å². The fraction of sp³-hybridized carbons (Fsp3) is 0.348. The van der Waals surface area contributed by atoms with Gasteiger partial charge in [0.25, 0.3) is 5.91 Å². The largest absolute Gasteiger partial charge is 0.493 e. The Balaban J connectivity index is 1.98. The summed E-state index contributed by atoms with van der Waals surface area (Å²) >= 11 is 0. The van der Waals surface area contributed by atoms with Crippen LogP contribution in [0.2, 0.25) is 0 Å². The molecule has 1 aliphatic rings. The van der Waals surface area contributed by atoms with E-state index in [1.54, 1.807) is 0 Å². The highest BCUT2D eigenvalue weighted by atomic mass is 19.4. The number of carbonyl (C=O) groups is 1. The van der Waals surface area contributed by atoms with Crippen LogP contribution in [0.15, 0.2) is 35.3 Å². The summed E-state index contributed by atoms with van der Waals surface area (Å²) in [5.74, 6) is -6.65. The van der Waals surface area contributed by atoms with Crippen molar-refractivity contribution >= 4 is 16.8 Å². The summed E-state index contributed by atoms with van der Waals surface area (Å²) in [6.07, 6.45) is -5.08. The van der Waals surface area contributed by atoms with Gasteiger partial charge in [-0.2, -0.15) is 17.6 Å². The molecule has 4 rings (SSSR count). The molecule has 1 aliphatic heterocycles. The molecule has 186 valence electrons. The number of benzene rings is 1. The standard InChI is InChI=1S/C23H20F5N3O4/c1-9-15(10-4-5-11(24)17(25)19(10)34-3)20(35-22(9,2)23(26,27)28)13-8-14(32)16-12(31-13)6-7-30-18(16)21(29)33/h4-9,15,20H,1-3H3,(H2,29,33)(H,31,32)/t9-,15-,20+,22+/m0/s1. The van der Waals surface area contributed by atoms with Gasteiger partial charge >= 0.3 is 6.18 Å². The molecule has 35 heavy (non-hydrogen) atoms. The van der Waals surface area contributed by atoms with E-state index in [0.29, 0.717) is 0 Å². The Kier molecular flexibility index (Phi) is 5.82. The summed E-state index contributed by atoms with van der Waals surface area (Å²) in [5, 5.41) is -0.143. The molecule has 0 spiro atoms. The van der Waals surface area contributed by atoms with Gasteiger partial charge in [-0.1, -0.05) is 13.0 Å². The Hall–Kier alpha value is -3.54. The molecule has 3 N–H and O–H groups in total. The first-order valence-corrected chi connectivity index (χ1v) is 10.4. The Labute approximate surface area is 195 Å². The van der Waals surface area contributed by atoms with Crippen LogP contribution in [0.3, 0.4) is 0 Å². The first-order chi connectivity index (χ1) is 16.3. The van der Waals surface area contributed by atoms with Crippen LogP contribution in [0.1, 0.15) is 47.6 Å². The van der Waals surface area contributed by atoms with E-state index >= 15 is 0 Å². The van der Waals surface area contributed by atoms with Crippen LogP contribution in [-0.4, -0.2) is 34.8 Å². The van der Waals surface area contributed by atoms with Crippen molar-refractivity contribution < 1.29 is 36.2 Å². The molecule has 12 heteroatoms. The van der Waals surface area contributed by atoms with E-state index in [4.69, 9.17) is 15.2 Å². The van der Waals surface area contributed by atoms with Gasteiger partial charge in [-0.25, -0.2) is 4.39 Å². The van der Waals surface area contributed by atoms with Crippen molar-refractivity contribution in [3.8, 4) is 5.75 Å². The van der Waals surface area contributed by atoms with Crippen molar-refractivity contribution in [3.05, 3.63) is 69.3 Å². The number of fused-ring (bicyclic) bond motifs is 1. The number of nitrogens with two attached hydrogens (primary N) is 1. The number of carbonyl (C=O) groups excluding carboxylic acids is 1. The highest BCUT2D eigenvalue weighted by Gasteiger charge is 2.65. The molecule has 0 radical (unpaired) electrons. The molecule has 3 heterocycles. The smallest absolute Gasteiger partial charge is 0.417 e. The second kappa shape index (κ2) is 8.29. The minimum atomic E-state index is -4.84. The van der Waals surface area contributed by atoms with Crippen LogP contribution in [0.25, 0.3) is 10.9 Å². The molecule has 1 amide bonds. The summed E-state index contributed by atoms with van der Waals surface area (Å²) in [6, 6.07) is 4.25. The third-order valence-corrected chi connectivity index (χ3v) is 6.61. The molecule has 0 bridgehead atoms. The third kappa shape index (κ3) is 3.72. The molecule has 0 aliphatic carbocycles. The molecule has 1 aromatic carbocycles. The molecule has 3 aromatic rings. The highest BCUT2D eigenvalue weighted by Crippen LogP contribution is 2.59. The first kappa shape index (κ1) is 24.6. The normalized spacial score (nSPS) is 24.6. The average Bonchev–Trinajstić information content (AvgIpc) is 3.06. The topological polar surface area (TPSA) is 107 Å². The minimum absolute atomic E-state index is 0.0645.